The first-order valence-electron chi connectivity index (χ1n) is 6.07. The minimum Gasteiger partial charge on any atom is -0.399 e. The van der Waals surface area contributed by atoms with Crippen LogP contribution in [-0.2, 0) is 13.1 Å². The van der Waals surface area contributed by atoms with Crippen LogP contribution in [0.25, 0.3) is 0 Å². The first-order valence-corrected chi connectivity index (χ1v) is 6.07. The fraction of sp³-hybridized carbons (Fsp3) is 0.267. The van der Waals surface area contributed by atoms with E-state index in [-0.39, 0.29) is 0 Å². The molecule has 2 N–H and O–H groups in total. The third kappa shape index (κ3) is 3.31. The summed E-state index contributed by atoms with van der Waals surface area (Å²) in [7, 11) is 2.11. The number of anilines is 1. The second-order valence-electron chi connectivity index (χ2n) is 4.72. The molecule has 18 heavy (non-hydrogen) atoms. The van der Waals surface area contributed by atoms with E-state index in [0.29, 0.717) is 0 Å². The zero-order chi connectivity index (χ0) is 13.0. The number of hydrogen-bond acceptors (Lipinski definition) is 3. The van der Waals surface area contributed by atoms with Gasteiger partial charge in [-0.05, 0) is 42.8 Å². The maximum atomic E-state index is 5.82. The van der Waals surface area contributed by atoms with Gasteiger partial charge in [-0.2, -0.15) is 0 Å². The van der Waals surface area contributed by atoms with Crippen LogP contribution in [0.4, 0.5) is 5.69 Å². The Bertz CT molecular complexity index is 508. The second-order valence-corrected chi connectivity index (χ2v) is 4.72. The van der Waals surface area contributed by atoms with Crippen LogP contribution < -0.4 is 5.73 Å². The van der Waals surface area contributed by atoms with Crippen molar-refractivity contribution in [3.05, 3.63) is 59.4 Å². The topological polar surface area (TPSA) is 42.2 Å². The molecule has 0 aliphatic heterocycles. The average Bonchev–Trinajstić information content (AvgIpc) is 2.35. The fourth-order valence-corrected chi connectivity index (χ4v) is 2.01. The van der Waals surface area contributed by atoms with E-state index in [1.807, 2.05) is 25.3 Å². The molecule has 0 aliphatic carbocycles. The van der Waals surface area contributed by atoms with Gasteiger partial charge < -0.3 is 5.73 Å². The number of rotatable bonds is 4. The van der Waals surface area contributed by atoms with Crippen molar-refractivity contribution in [3.63, 3.8) is 0 Å². The number of benzene rings is 1. The summed E-state index contributed by atoms with van der Waals surface area (Å²) in [6.45, 7) is 3.85. The molecule has 0 atom stereocenters. The summed E-state index contributed by atoms with van der Waals surface area (Å²) in [6, 6.07) is 10.3. The van der Waals surface area contributed by atoms with Gasteiger partial charge in [0.05, 0.1) is 0 Å². The fourth-order valence-electron chi connectivity index (χ4n) is 2.01. The van der Waals surface area contributed by atoms with Gasteiger partial charge in [0.15, 0.2) is 0 Å². The first kappa shape index (κ1) is 12.6. The molecule has 0 saturated heterocycles. The summed E-state index contributed by atoms with van der Waals surface area (Å²) < 4.78 is 0. The van der Waals surface area contributed by atoms with Gasteiger partial charge in [0.25, 0.3) is 0 Å². The summed E-state index contributed by atoms with van der Waals surface area (Å²) in [4.78, 5) is 6.39. The molecule has 0 aliphatic rings. The van der Waals surface area contributed by atoms with E-state index < -0.39 is 0 Å². The van der Waals surface area contributed by atoms with Crippen molar-refractivity contribution in [1.82, 2.24) is 9.88 Å². The molecule has 2 rings (SSSR count). The number of hydrogen-bond donors (Lipinski definition) is 1. The molecule has 2 aromatic rings. The van der Waals surface area contributed by atoms with Crippen LogP contribution in [0.1, 0.15) is 16.7 Å². The predicted molar refractivity (Wildman–Crippen MR) is 75.0 cm³/mol. The number of aryl methyl sites for hydroxylation is 1. The Hall–Kier alpha value is -1.87. The molecule has 1 heterocycles. The van der Waals surface area contributed by atoms with Crippen molar-refractivity contribution in [1.29, 1.82) is 0 Å². The highest BCUT2D eigenvalue weighted by atomic mass is 15.1. The van der Waals surface area contributed by atoms with E-state index >= 15 is 0 Å². The molecule has 0 fully saturated rings. The first-order chi connectivity index (χ1) is 8.65. The lowest BCUT2D eigenvalue weighted by Crippen LogP contribution is -2.17. The number of pyridine rings is 1. The largest absolute Gasteiger partial charge is 0.399 e. The van der Waals surface area contributed by atoms with Crippen LogP contribution in [0.15, 0.2) is 42.7 Å². The molecule has 0 bridgehead atoms. The van der Waals surface area contributed by atoms with Crippen molar-refractivity contribution in [2.75, 3.05) is 12.8 Å². The minimum atomic E-state index is 0.855. The molecule has 94 valence electrons. The Morgan fingerprint density at radius 2 is 1.94 bits per heavy atom. The molecule has 3 heteroatoms. The molecular formula is C15H19N3. The Morgan fingerprint density at radius 3 is 2.61 bits per heavy atom. The molecule has 1 aromatic carbocycles. The molecule has 0 spiro atoms. The van der Waals surface area contributed by atoms with Crippen molar-refractivity contribution >= 4 is 5.69 Å². The number of nitrogens with zero attached hydrogens (tertiary/aromatic N) is 2. The highest BCUT2D eigenvalue weighted by molar-refractivity contribution is 5.47. The Labute approximate surface area is 108 Å². The van der Waals surface area contributed by atoms with Gasteiger partial charge in [-0.3, -0.25) is 9.88 Å². The van der Waals surface area contributed by atoms with Gasteiger partial charge >= 0.3 is 0 Å². The van der Waals surface area contributed by atoms with E-state index in [2.05, 4.69) is 35.1 Å². The zero-order valence-electron chi connectivity index (χ0n) is 10.9. The van der Waals surface area contributed by atoms with Crippen LogP contribution in [0.2, 0.25) is 0 Å². The normalized spacial score (nSPS) is 10.8. The number of nitrogens with two attached hydrogens (primary N) is 1. The standard InChI is InChI=1S/C15H19N3/c1-12-8-13(5-6-15(12)16)10-18(2)11-14-4-3-7-17-9-14/h3-9H,10-11,16H2,1-2H3. The van der Waals surface area contributed by atoms with Crippen molar-refractivity contribution in [2.45, 2.75) is 20.0 Å². The van der Waals surface area contributed by atoms with Crippen LogP contribution in [0.3, 0.4) is 0 Å². The van der Waals surface area contributed by atoms with E-state index in [1.54, 1.807) is 6.20 Å². The lowest BCUT2D eigenvalue weighted by molar-refractivity contribution is 0.318. The lowest BCUT2D eigenvalue weighted by Gasteiger charge is -2.17. The highest BCUT2D eigenvalue weighted by Gasteiger charge is 2.03. The quantitative estimate of drug-likeness (QED) is 0.837. The summed E-state index contributed by atoms with van der Waals surface area (Å²) >= 11 is 0. The van der Waals surface area contributed by atoms with Gasteiger partial charge in [0.2, 0.25) is 0 Å². The van der Waals surface area contributed by atoms with E-state index in [9.17, 15) is 0 Å². The van der Waals surface area contributed by atoms with Crippen LogP contribution in [0, 0.1) is 6.92 Å². The van der Waals surface area contributed by atoms with Gasteiger partial charge in [-0.15, -0.1) is 0 Å². The monoisotopic (exact) mass is 241 g/mol. The van der Waals surface area contributed by atoms with Gasteiger partial charge in [-0.1, -0.05) is 18.2 Å². The Morgan fingerprint density at radius 1 is 1.17 bits per heavy atom. The summed E-state index contributed by atoms with van der Waals surface area (Å²) in [5.74, 6) is 0. The van der Waals surface area contributed by atoms with Crippen LogP contribution in [0.5, 0.6) is 0 Å². The third-order valence-electron chi connectivity index (χ3n) is 2.96. The van der Waals surface area contributed by atoms with E-state index in [0.717, 1.165) is 24.3 Å². The molecule has 0 unspecified atom stereocenters. The Kier molecular flexibility index (Phi) is 3.95. The Balaban J connectivity index is 1.99. The molecule has 3 nitrogen and oxygen atoms in total. The predicted octanol–water partition coefficient (Wildman–Crippen LogP) is 2.60. The maximum absolute atomic E-state index is 5.82. The number of nitrogen functional groups attached to an aromatic ring is 1. The van der Waals surface area contributed by atoms with Crippen LogP contribution >= 0.6 is 0 Å². The lowest BCUT2D eigenvalue weighted by atomic mass is 10.1. The van der Waals surface area contributed by atoms with Crippen molar-refractivity contribution in [3.8, 4) is 0 Å². The van der Waals surface area contributed by atoms with E-state index in [1.165, 1.54) is 11.1 Å². The molecule has 1 aromatic heterocycles. The summed E-state index contributed by atoms with van der Waals surface area (Å²) in [5, 5.41) is 0. The van der Waals surface area contributed by atoms with Crippen molar-refractivity contribution < 1.29 is 0 Å². The molecule has 0 saturated carbocycles. The van der Waals surface area contributed by atoms with Gasteiger partial charge in [0, 0.05) is 31.2 Å². The van der Waals surface area contributed by atoms with Crippen molar-refractivity contribution in [2.24, 2.45) is 0 Å². The number of aromatic nitrogens is 1. The summed E-state index contributed by atoms with van der Waals surface area (Å²) in [5.41, 5.74) is 10.3. The van der Waals surface area contributed by atoms with Gasteiger partial charge in [-0.25, -0.2) is 0 Å². The van der Waals surface area contributed by atoms with E-state index in [4.69, 9.17) is 5.73 Å². The molecule has 0 amide bonds. The second kappa shape index (κ2) is 5.65. The summed E-state index contributed by atoms with van der Waals surface area (Å²) in [6.07, 6.45) is 3.71. The SMILES string of the molecule is Cc1cc(CN(C)Cc2cccnc2)ccc1N. The minimum absolute atomic E-state index is 0.855. The van der Waals surface area contributed by atoms with Crippen LogP contribution in [-0.4, -0.2) is 16.9 Å². The smallest absolute Gasteiger partial charge is 0.0343 e. The highest BCUT2D eigenvalue weighted by Crippen LogP contribution is 2.14. The molecular weight excluding hydrogens is 222 g/mol. The van der Waals surface area contributed by atoms with Gasteiger partial charge in [0.1, 0.15) is 0 Å². The zero-order valence-corrected chi connectivity index (χ0v) is 10.9. The molecule has 0 radical (unpaired) electrons. The maximum Gasteiger partial charge on any atom is 0.0343 e. The average molecular weight is 241 g/mol. The third-order valence-corrected chi connectivity index (χ3v) is 2.96.